The Morgan fingerprint density at radius 1 is 1.38 bits per heavy atom. The van der Waals surface area contributed by atoms with Crippen LogP contribution in [0.4, 0.5) is 11.4 Å². The lowest BCUT2D eigenvalue weighted by Gasteiger charge is -2.22. The molecule has 1 aromatic carbocycles. The molecule has 0 aromatic heterocycles. The summed E-state index contributed by atoms with van der Waals surface area (Å²) in [6.07, 6.45) is 0. The summed E-state index contributed by atoms with van der Waals surface area (Å²) in [5, 5.41) is 10.7. The molecule has 0 radical (unpaired) electrons. The van der Waals surface area contributed by atoms with Gasteiger partial charge in [-0.3, -0.25) is 20.8 Å². The quantitative estimate of drug-likeness (QED) is 0.309. The molecule has 0 unspecified atom stereocenters. The first-order chi connectivity index (χ1) is 9.51. The van der Waals surface area contributed by atoms with Crippen molar-refractivity contribution in [3.05, 3.63) is 28.3 Å². The normalized spacial score (nSPS) is 12.0. The van der Waals surface area contributed by atoms with Crippen LogP contribution in [0.15, 0.2) is 23.1 Å². The highest BCUT2D eigenvalue weighted by molar-refractivity contribution is 7.89. The first kappa shape index (κ1) is 16.8. The summed E-state index contributed by atoms with van der Waals surface area (Å²) >= 11 is 0. The molecular formula is C10H15N5O5S. The van der Waals surface area contributed by atoms with Gasteiger partial charge in [-0.05, 0) is 19.9 Å². The van der Waals surface area contributed by atoms with Crippen molar-refractivity contribution in [2.45, 2.75) is 24.3 Å². The van der Waals surface area contributed by atoms with Crippen molar-refractivity contribution in [2.75, 3.05) is 5.43 Å². The molecule has 0 spiro atoms. The molecule has 10 nitrogen and oxygen atoms in total. The second-order valence-corrected chi connectivity index (χ2v) is 6.33. The maximum atomic E-state index is 12.2. The zero-order chi connectivity index (χ0) is 16.4. The van der Waals surface area contributed by atoms with Gasteiger partial charge in [0.25, 0.3) is 5.69 Å². The Morgan fingerprint density at radius 3 is 2.38 bits per heavy atom. The molecule has 11 heteroatoms. The molecule has 0 atom stereocenters. The lowest BCUT2D eigenvalue weighted by Crippen LogP contribution is -2.52. The Bertz CT molecular complexity index is 685. The standard InChI is InChI=1S/C10H15N5O5S/c1-10(2,9(11)16)14-21(19,20)8-4-3-6(15(17)18)5-7(8)13-12/h3-5,13-14H,12H2,1-2H3,(H2,11,16). The Hall–Kier alpha value is -2.24. The van der Waals surface area contributed by atoms with E-state index >= 15 is 0 Å². The van der Waals surface area contributed by atoms with Gasteiger partial charge in [-0.15, -0.1) is 0 Å². The maximum Gasteiger partial charge on any atom is 0.271 e. The van der Waals surface area contributed by atoms with E-state index in [1.54, 1.807) is 0 Å². The van der Waals surface area contributed by atoms with Gasteiger partial charge in [-0.1, -0.05) is 0 Å². The number of carbonyl (C=O) groups is 1. The summed E-state index contributed by atoms with van der Waals surface area (Å²) in [6.45, 7) is 2.57. The fourth-order valence-electron chi connectivity index (χ4n) is 1.42. The van der Waals surface area contributed by atoms with Crippen LogP contribution in [0, 0.1) is 10.1 Å². The lowest BCUT2D eigenvalue weighted by molar-refractivity contribution is -0.384. The summed E-state index contributed by atoms with van der Waals surface area (Å²) in [4.78, 5) is 20.8. The van der Waals surface area contributed by atoms with E-state index in [1.165, 1.54) is 13.8 Å². The fraction of sp³-hybridized carbons (Fsp3) is 0.300. The second-order valence-electron chi connectivity index (χ2n) is 4.68. The molecule has 0 fully saturated rings. The third-order valence-corrected chi connectivity index (χ3v) is 4.34. The number of nitrogens with two attached hydrogens (primary N) is 2. The van der Waals surface area contributed by atoms with Crippen LogP contribution >= 0.6 is 0 Å². The Kier molecular flexibility index (Phi) is 4.51. The highest BCUT2D eigenvalue weighted by Gasteiger charge is 2.32. The molecule has 6 N–H and O–H groups in total. The van der Waals surface area contributed by atoms with E-state index in [0.29, 0.717) is 0 Å². The molecule has 0 heterocycles. The molecule has 1 amide bonds. The van der Waals surface area contributed by atoms with E-state index in [4.69, 9.17) is 11.6 Å². The topological polar surface area (TPSA) is 170 Å². The maximum absolute atomic E-state index is 12.2. The van der Waals surface area contributed by atoms with Crippen LogP contribution in [-0.2, 0) is 14.8 Å². The van der Waals surface area contributed by atoms with Gasteiger partial charge in [0.2, 0.25) is 15.9 Å². The number of primary amides is 1. The van der Waals surface area contributed by atoms with E-state index in [9.17, 15) is 23.3 Å². The van der Waals surface area contributed by atoms with Crippen LogP contribution < -0.4 is 21.7 Å². The Labute approximate surface area is 120 Å². The highest BCUT2D eigenvalue weighted by Crippen LogP contribution is 2.26. The van der Waals surface area contributed by atoms with Gasteiger partial charge in [-0.25, -0.2) is 8.42 Å². The van der Waals surface area contributed by atoms with Gasteiger partial charge in [0.05, 0.1) is 10.6 Å². The number of hydrogen-bond acceptors (Lipinski definition) is 7. The van der Waals surface area contributed by atoms with Gasteiger partial charge >= 0.3 is 0 Å². The van der Waals surface area contributed by atoms with Crippen LogP contribution in [0.3, 0.4) is 0 Å². The number of carbonyl (C=O) groups excluding carboxylic acids is 1. The number of nitrogens with one attached hydrogen (secondary N) is 2. The van der Waals surface area contributed by atoms with E-state index in [2.05, 4.69) is 10.1 Å². The predicted molar refractivity (Wildman–Crippen MR) is 74.5 cm³/mol. The minimum Gasteiger partial charge on any atom is -0.368 e. The SMILES string of the molecule is CC(C)(NS(=O)(=O)c1ccc([N+](=O)[O-])cc1NN)C(N)=O. The monoisotopic (exact) mass is 317 g/mol. The van der Waals surface area contributed by atoms with E-state index < -0.39 is 26.4 Å². The zero-order valence-corrected chi connectivity index (χ0v) is 12.1. The third kappa shape index (κ3) is 3.65. The smallest absolute Gasteiger partial charge is 0.271 e. The van der Waals surface area contributed by atoms with Crippen LogP contribution in [0.1, 0.15) is 13.8 Å². The zero-order valence-electron chi connectivity index (χ0n) is 11.3. The molecule has 0 aliphatic carbocycles. The summed E-state index contributed by atoms with van der Waals surface area (Å²) in [7, 11) is -4.16. The average molecular weight is 317 g/mol. The number of rotatable bonds is 6. The molecule has 1 rings (SSSR count). The van der Waals surface area contributed by atoms with E-state index in [1.807, 2.05) is 0 Å². The Balaban J connectivity index is 3.32. The van der Waals surface area contributed by atoms with Crippen molar-refractivity contribution in [2.24, 2.45) is 11.6 Å². The molecular weight excluding hydrogens is 302 g/mol. The van der Waals surface area contributed by atoms with Crippen molar-refractivity contribution in [1.82, 2.24) is 4.72 Å². The number of nitro groups is 1. The number of amides is 1. The number of hydrazine groups is 1. The van der Waals surface area contributed by atoms with Gasteiger partial charge in [0, 0.05) is 12.1 Å². The van der Waals surface area contributed by atoms with Crippen molar-refractivity contribution in [1.29, 1.82) is 0 Å². The van der Waals surface area contributed by atoms with E-state index in [0.717, 1.165) is 18.2 Å². The number of sulfonamides is 1. The van der Waals surface area contributed by atoms with Crippen molar-refractivity contribution in [3.8, 4) is 0 Å². The first-order valence-corrected chi connectivity index (χ1v) is 7.08. The number of nitro benzene ring substituents is 1. The predicted octanol–water partition coefficient (Wildman–Crippen LogP) is -0.577. The molecule has 1 aromatic rings. The van der Waals surface area contributed by atoms with Crippen molar-refractivity contribution < 1.29 is 18.1 Å². The largest absolute Gasteiger partial charge is 0.368 e. The highest BCUT2D eigenvalue weighted by atomic mass is 32.2. The molecule has 0 aliphatic heterocycles. The summed E-state index contributed by atoms with van der Waals surface area (Å²) in [5.41, 5.74) is 5.11. The molecule has 0 aliphatic rings. The van der Waals surface area contributed by atoms with Gasteiger partial charge in [-0.2, -0.15) is 4.72 Å². The number of non-ortho nitro benzene ring substituents is 1. The number of nitrogen functional groups attached to an aromatic ring is 1. The molecule has 0 saturated heterocycles. The molecule has 0 bridgehead atoms. The minimum absolute atomic E-state index is 0.183. The minimum atomic E-state index is -4.16. The van der Waals surface area contributed by atoms with E-state index in [-0.39, 0.29) is 16.3 Å². The van der Waals surface area contributed by atoms with Crippen molar-refractivity contribution >= 4 is 27.3 Å². The molecule has 116 valence electrons. The van der Waals surface area contributed by atoms with Crippen molar-refractivity contribution in [3.63, 3.8) is 0 Å². The summed E-state index contributed by atoms with van der Waals surface area (Å²) in [6, 6.07) is 2.98. The van der Waals surface area contributed by atoms with Crippen LogP contribution in [0.25, 0.3) is 0 Å². The summed E-state index contributed by atoms with van der Waals surface area (Å²) in [5.74, 6) is 4.30. The number of nitrogens with zero attached hydrogens (tertiary/aromatic N) is 1. The average Bonchev–Trinajstić information content (AvgIpc) is 2.36. The first-order valence-electron chi connectivity index (χ1n) is 5.60. The fourth-order valence-corrected chi connectivity index (χ4v) is 2.96. The van der Waals surface area contributed by atoms with Gasteiger partial charge < -0.3 is 11.2 Å². The van der Waals surface area contributed by atoms with Gasteiger partial charge in [0.1, 0.15) is 10.4 Å². The van der Waals surface area contributed by atoms with Crippen LogP contribution in [0.2, 0.25) is 0 Å². The summed E-state index contributed by atoms with van der Waals surface area (Å²) < 4.78 is 26.6. The number of anilines is 1. The van der Waals surface area contributed by atoms with Crippen LogP contribution in [-0.4, -0.2) is 24.8 Å². The van der Waals surface area contributed by atoms with Gasteiger partial charge in [0.15, 0.2) is 0 Å². The Morgan fingerprint density at radius 2 is 1.95 bits per heavy atom. The third-order valence-electron chi connectivity index (χ3n) is 2.62. The molecule has 21 heavy (non-hydrogen) atoms. The lowest BCUT2D eigenvalue weighted by atomic mass is 10.1. The second kappa shape index (κ2) is 5.63. The number of benzene rings is 1. The van der Waals surface area contributed by atoms with Crippen LogP contribution in [0.5, 0.6) is 0 Å². The molecule has 0 saturated carbocycles. The number of hydrogen-bond donors (Lipinski definition) is 4.